The fourth-order valence-corrected chi connectivity index (χ4v) is 2.02. The van der Waals surface area contributed by atoms with Crippen LogP contribution < -0.4 is 11.1 Å². The summed E-state index contributed by atoms with van der Waals surface area (Å²) < 4.78 is 5.39. The molecule has 0 aliphatic heterocycles. The van der Waals surface area contributed by atoms with Crippen LogP contribution in [-0.2, 0) is 11.2 Å². The Hall–Kier alpha value is -2.35. The van der Waals surface area contributed by atoms with Crippen LogP contribution in [0.25, 0.3) is 0 Å². The topological polar surface area (TPSA) is 111 Å². The number of hydrogen-bond acceptors (Lipinski definition) is 6. The predicted molar refractivity (Wildman–Crippen MR) is 72.0 cm³/mol. The van der Waals surface area contributed by atoms with E-state index in [2.05, 4.69) is 10.2 Å². The highest BCUT2D eigenvalue weighted by atomic mass is 32.2. The van der Waals surface area contributed by atoms with Gasteiger partial charge < -0.3 is 10.2 Å². The molecule has 0 saturated heterocycles. The van der Waals surface area contributed by atoms with Crippen LogP contribution >= 0.6 is 11.8 Å². The first-order valence-electron chi connectivity index (χ1n) is 5.72. The van der Waals surface area contributed by atoms with Gasteiger partial charge in [0.2, 0.25) is 11.8 Å². The summed E-state index contributed by atoms with van der Waals surface area (Å²) in [6.45, 7) is 0. The Labute approximate surface area is 118 Å². The van der Waals surface area contributed by atoms with Crippen molar-refractivity contribution in [2.24, 2.45) is 5.73 Å². The maximum atomic E-state index is 11.2. The summed E-state index contributed by atoms with van der Waals surface area (Å²) in [5, 5.41) is 9.93. The first kappa shape index (κ1) is 14.1. The van der Waals surface area contributed by atoms with E-state index in [1.807, 2.05) is 35.6 Å². The first-order valence-corrected chi connectivity index (χ1v) is 6.70. The van der Waals surface area contributed by atoms with Gasteiger partial charge in [0.15, 0.2) is 0 Å². The molecule has 3 amide bonds. The minimum Gasteiger partial charge on any atom is -0.416 e. The van der Waals surface area contributed by atoms with Crippen molar-refractivity contribution >= 4 is 23.7 Å². The molecule has 0 unspecified atom stereocenters. The van der Waals surface area contributed by atoms with Gasteiger partial charge in [-0.15, -0.1) is 10.2 Å². The summed E-state index contributed by atoms with van der Waals surface area (Å²) in [6.07, 6.45) is 0.530. The van der Waals surface area contributed by atoms with Crippen LogP contribution in [-0.4, -0.2) is 27.9 Å². The fourth-order valence-electron chi connectivity index (χ4n) is 1.44. The Morgan fingerprint density at radius 2 is 2.00 bits per heavy atom. The number of amides is 3. The highest BCUT2D eigenvalue weighted by Gasteiger charge is 2.11. The third-order valence-electron chi connectivity index (χ3n) is 2.24. The van der Waals surface area contributed by atoms with Crippen LogP contribution in [0.4, 0.5) is 4.79 Å². The highest BCUT2D eigenvalue weighted by Crippen LogP contribution is 2.17. The molecule has 1 aromatic carbocycles. The van der Waals surface area contributed by atoms with Crippen molar-refractivity contribution in [3.05, 3.63) is 41.8 Å². The molecule has 1 heterocycles. The minimum atomic E-state index is -0.883. The van der Waals surface area contributed by atoms with Gasteiger partial charge in [-0.3, -0.25) is 10.1 Å². The number of nitrogens with two attached hydrogens (primary N) is 1. The zero-order valence-corrected chi connectivity index (χ0v) is 11.2. The second kappa shape index (κ2) is 6.71. The third-order valence-corrected chi connectivity index (χ3v) is 3.05. The Morgan fingerprint density at radius 3 is 2.70 bits per heavy atom. The molecule has 104 valence electrons. The number of urea groups is 1. The number of nitrogens with one attached hydrogen (secondary N) is 1. The van der Waals surface area contributed by atoms with E-state index in [-0.39, 0.29) is 11.0 Å². The van der Waals surface area contributed by atoms with E-state index in [0.717, 1.165) is 17.3 Å². The van der Waals surface area contributed by atoms with E-state index in [4.69, 9.17) is 10.2 Å². The number of primary amides is 1. The van der Waals surface area contributed by atoms with Crippen molar-refractivity contribution in [2.45, 2.75) is 11.6 Å². The van der Waals surface area contributed by atoms with Gasteiger partial charge in [-0.1, -0.05) is 42.1 Å². The molecule has 0 bridgehead atoms. The molecule has 8 heteroatoms. The number of thioether (sulfide) groups is 1. The van der Waals surface area contributed by atoms with Crippen LogP contribution in [0.15, 0.2) is 40.0 Å². The number of hydrogen-bond donors (Lipinski definition) is 2. The van der Waals surface area contributed by atoms with E-state index in [1.54, 1.807) is 0 Å². The minimum absolute atomic E-state index is 0.0179. The van der Waals surface area contributed by atoms with Gasteiger partial charge in [0.25, 0.3) is 5.22 Å². The molecule has 0 aliphatic carbocycles. The van der Waals surface area contributed by atoms with Gasteiger partial charge in [0, 0.05) is 0 Å². The smallest absolute Gasteiger partial charge is 0.318 e. The molecule has 0 radical (unpaired) electrons. The van der Waals surface area contributed by atoms with Gasteiger partial charge in [-0.2, -0.15) is 0 Å². The highest BCUT2D eigenvalue weighted by molar-refractivity contribution is 7.99. The molecule has 1 aromatic heterocycles. The van der Waals surface area contributed by atoms with E-state index < -0.39 is 11.9 Å². The standard InChI is InChI=1S/C12H12N4O3S/c13-11(18)14-9(17)7-20-12-16-15-10(19-12)6-8-4-2-1-3-5-8/h1-5H,6-7H2,(H3,13,14,17,18). The summed E-state index contributed by atoms with van der Waals surface area (Å²) in [7, 11) is 0. The Balaban J connectivity index is 1.86. The lowest BCUT2D eigenvalue weighted by Crippen LogP contribution is -2.36. The maximum Gasteiger partial charge on any atom is 0.318 e. The van der Waals surface area contributed by atoms with Gasteiger partial charge in [-0.05, 0) is 5.56 Å². The van der Waals surface area contributed by atoms with E-state index in [1.165, 1.54) is 0 Å². The SMILES string of the molecule is NC(=O)NC(=O)CSc1nnc(Cc2ccccc2)o1. The second-order valence-electron chi connectivity index (χ2n) is 3.83. The lowest BCUT2D eigenvalue weighted by molar-refractivity contribution is -0.117. The molecular formula is C12H12N4O3S. The molecule has 0 spiro atoms. The first-order chi connectivity index (χ1) is 9.63. The maximum absolute atomic E-state index is 11.2. The summed E-state index contributed by atoms with van der Waals surface area (Å²) in [6, 6.07) is 8.81. The summed E-state index contributed by atoms with van der Waals surface area (Å²) in [5.74, 6) is -0.0602. The molecule has 0 fully saturated rings. The normalized spacial score (nSPS) is 10.2. The number of nitrogens with zero attached hydrogens (tertiary/aromatic N) is 2. The molecule has 3 N–H and O–H groups in total. The van der Waals surface area contributed by atoms with Crippen molar-refractivity contribution in [1.29, 1.82) is 0 Å². The molecule has 7 nitrogen and oxygen atoms in total. The van der Waals surface area contributed by atoms with Crippen molar-refractivity contribution in [1.82, 2.24) is 15.5 Å². The quantitative estimate of drug-likeness (QED) is 0.794. The lowest BCUT2D eigenvalue weighted by atomic mass is 10.2. The fraction of sp³-hybridized carbons (Fsp3) is 0.167. The molecule has 2 rings (SSSR count). The number of aromatic nitrogens is 2. The van der Waals surface area contributed by atoms with Crippen molar-refractivity contribution in [3.8, 4) is 0 Å². The summed E-state index contributed by atoms with van der Waals surface area (Å²) >= 11 is 1.04. The largest absolute Gasteiger partial charge is 0.416 e. The van der Waals surface area contributed by atoms with Crippen LogP contribution in [0.3, 0.4) is 0 Å². The molecule has 20 heavy (non-hydrogen) atoms. The molecule has 0 atom stereocenters. The zero-order chi connectivity index (χ0) is 14.4. The van der Waals surface area contributed by atoms with Gasteiger partial charge >= 0.3 is 6.03 Å². The number of rotatable bonds is 5. The molecule has 0 saturated carbocycles. The van der Waals surface area contributed by atoms with E-state index >= 15 is 0 Å². The third kappa shape index (κ3) is 4.39. The van der Waals surface area contributed by atoms with Crippen molar-refractivity contribution in [3.63, 3.8) is 0 Å². The van der Waals surface area contributed by atoms with Crippen LogP contribution in [0.1, 0.15) is 11.5 Å². The lowest BCUT2D eigenvalue weighted by Gasteiger charge is -1.97. The zero-order valence-electron chi connectivity index (χ0n) is 10.4. The van der Waals surface area contributed by atoms with Crippen LogP contribution in [0, 0.1) is 0 Å². The summed E-state index contributed by atoms with van der Waals surface area (Å²) in [4.78, 5) is 21.7. The van der Waals surface area contributed by atoms with Gasteiger partial charge in [0.1, 0.15) is 0 Å². The Kier molecular flexibility index (Phi) is 4.72. The van der Waals surface area contributed by atoms with E-state index in [9.17, 15) is 9.59 Å². The molecular weight excluding hydrogens is 280 g/mol. The monoisotopic (exact) mass is 292 g/mol. The van der Waals surface area contributed by atoms with Gasteiger partial charge in [-0.25, -0.2) is 4.79 Å². The Bertz CT molecular complexity index is 600. The average molecular weight is 292 g/mol. The summed E-state index contributed by atoms with van der Waals surface area (Å²) in [5.41, 5.74) is 5.88. The number of carbonyl (C=O) groups excluding carboxylic acids is 2. The van der Waals surface area contributed by atoms with Crippen molar-refractivity contribution < 1.29 is 14.0 Å². The van der Waals surface area contributed by atoms with Crippen LogP contribution in [0.5, 0.6) is 0 Å². The molecule has 0 aliphatic rings. The van der Waals surface area contributed by atoms with Crippen LogP contribution in [0.2, 0.25) is 0 Å². The Morgan fingerprint density at radius 1 is 1.25 bits per heavy atom. The predicted octanol–water partition coefficient (Wildman–Crippen LogP) is 0.947. The number of carbonyl (C=O) groups is 2. The van der Waals surface area contributed by atoms with Gasteiger partial charge in [0.05, 0.1) is 12.2 Å². The average Bonchev–Trinajstić information content (AvgIpc) is 2.84. The number of benzene rings is 1. The van der Waals surface area contributed by atoms with E-state index in [0.29, 0.717) is 12.3 Å². The van der Waals surface area contributed by atoms with Crippen molar-refractivity contribution in [2.75, 3.05) is 5.75 Å². The molecule has 2 aromatic rings. The second-order valence-corrected chi connectivity index (χ2v) is 4.75. The number of imide groups is 1.